The fourth-order valence-corrected chi connectivity index (χ4v) is 1.59. The van der Waals surface area contributed by atoms with Gasteiger partial charge in [-0.05, 0) is 11.5 Å². The first-order chi connectivity index (χ1) is 8.77. The first-order valence-corrected chi connectivity index (χ1v) is 5.79. The van der Waals surface area contributed by atoms with Crippen LogP contribution in [-0.4, -0.2) is 35.1 Å². The Hall–Kier alpha value is -2.11. The van der Waals surface area contributed by atoms with Gasteiger partial charge in [-0.25, -0.2) is 4.79 Å². The van der Waals surface area contributed by atoms with Gasteiger partial charge in [0.2, 0.25) is 0 Å². The van der Waals surface area contributed by atoms with Crippen LogP contribution in [0.3, 0.4) is 0 Å². The van der Waals surface area contributed by atoms with Gasteiger partial charge in [0.1, 0.15) is 11.8 Å². The van der Waals surface area contributed by atoms with Crippen molar-refractivity contribution in [3.05, 3.63) is 24.0 Å². The number of carboxylic acids is 1. The Morgan fingerprint density at radius 3 is 2.53 bits per heavy atom. The zero-order valence-electron chi connectivity index (χ0n) is 11.4. The van der Waals surface area contributed by atoms with E-state index in [4.69, 9.17) is 4.74 Å². The smallest absolute Gasteiger partial charge is 0.326 e. The van der Waals surface area contributed by atoms with Crippen LogP contribution in [0.2, 0.25) is 0 Å². The quantitative estimate of drug-likeness (QED) is 0.858. The molecular formula is C13H18N2O4. The summed E-state index contributed by atoms with van der Waals surface area (Å²) in [6.45, 7) is 5.24. The van der Waals surface area contributed by atoms with Gasteiger partial charge in [0.15, 0.2) is 0 Å². The summed E-state index contributed by atoms with van der Waals surface area (Å²) >= 11 is 0. The molecule has 0 spiro atoms. The van der Waals surface area contributed by atoms with Gasteiger partial charge >= 0.3 is 5.97 Å². The summed E-state index contributed by atoms with van der Waals surface area (Å²) in [7, 11) is 1.42. The summed E-state index contributed by atoms with van der Waals surface area (Å²) < 4.78 is 5.02. The van der Waals surface area contributed by atoms with E-state index >= 15 is 0 Å². The van der Waals surface area contributed by atoms with E-state index < -0.39 is 23.3 Å². The highest BCUT2D eigenvalue weighted by molar-refractivity contribution is 5.98. The highest BCUT2D eigenvalue weighted by atomic mass is 16.5. The number of rotatable bonds is 4. The highest BCUT2D eigenvalue weighted by Gasteiger charge is 2.33. The van der Waals surface area contributed by atoms with Crippen molar-refractivity contribution in [1.29, 1.82) is 0 Å². The maximum Gasteiger partial charge on any atom is 0.326 e. The van der Waals surface area contributed by atoms with Crippen molar-refractivity contribution in [2.75, 3.05) is 7.11 Å². The number of aliphatic carboxylic acids is 1. The molecule has 0 radical (unpaired) electrons. The Morgan fingerprint density at radius 2 is 2.05 bits per heavy atom. The third-order valence-corrected chi connectivity index (χ3v) is 2.64. The Labute approximate surface area is 111 Å². The van der Waals surface area contributed by atoms with E-state index in [9.17, 15) is 14.7 Å². The molecule has 0 bridgehead atoms. The molecule has 104 valence electrons. The number of amides is 1. The molecule has 0 aliphatic rings. The number of hydrogen-bond donors (Lipinski definition) is 2. The highest BCUT2D eigenvalue weighted by Crippen LogP contribution is 2.21. The summed E-state index contributed by atoms with van der Waals surface area (Å²) in [6, 6.07) is 0.494. The number of ether oxygens (including phenoxy) is 1. The van der Waals surface area contributed by atoms with Crippen LogP contribution in [0.1, 0.15) is 31.1 Å². The first-order valence-electron chi connectivity index (χ1n) is 5.79. The molecule has 0 unspecified atom stereocenters. The van der Waals surface area contributed by atoms with Crippen LogP contribution in [-0.2, 0) is 4.79 Å². The number of carbonyl (C=O) groups is 2. The lowest BCUT2D eigenvalue weighted by atomic mass is 9.86. The Morgan fingerprint density at radius 1 is 1.42 bits per heavy atom. The number of carboxylic acid groups (broad SMARTS) is 1. The number of aromatic nitrogens is 1. The maximum absolute atomic E-state index is 12.1. The topological polar surface area (TPSA) is 88.5 Å². The molecule has 0 aromatic carbocycles. The van der Waals surface area contributed by atoms with E-state index in [1.54, 1.807) is 20.8 Å². The number of nitrogens with one attached hydrogen (secondary N) is 1. The summed E-state index contributed by atoms with van der Waals surface area (Å²) in [5, 5.41) is 11.7. The fraction of sp³-hybridized carbons (Fsp3) is 0.462. The monoisotopic (exact) mass is 266 g/mol. The van der Waals surface area contributed by atoms with Crippen molar-refractivity contribution >= 4 is 11.9 Å². The second-order valence-electron chi connectivity index (χ2n) is 5.19. The minimum absolute atomic E-state index is 0.257. The minimum Gasteiger partial charge on any atom is -0.494 e. The lowest BCUT2D eigenvalue weighted by molar-refractivity contribution is -0.142. The normalized spacial score (nSPS) is 12.6. The van der Waals surface area contributed by atoms with Crippen LogP contribution >= 0.6 is 0 Å². The molecule has 0 aliphatic heterocycles. The van der Waals surface area contributed by atoms with Crippen molar-refractivity contribution in [2.24, 2.45) is 5.41 Å². The minimum atomic E-state index is -1.08. The van der Waals surface area contributed by atoms with E-state index in [1.165, 1.54) is 25.6 Å². The van der Waals surface area contributed by atoms with Gasteiger partial charge in [0.05, 0.1) is 18.9 Å². The molecule has 0 saturated carbocycles. The number of pyridine rings is 1. The van der Waals surface area contributed by atoms with E-state index in [0.717, 1.165) is 0 Å². The predicted octanol–water partition coefficient (Wildman–Crippen LogP) is 1.32. The number of nitrogens with zero attached hydrogens (tertiary/aromatic N) is 1. The van der Waals surface area contributed by atoms with Gasteiger partial charge < -0.3 is 15.2 Å². The molecule has 6 heteroatoms. The second kappa shape index (κ2) is 5.69. The zero-order valence-corrected chi connectivity index (χ0v) is 11.4. The Kier molecular flexibility index (Phi) is 4.47. The van der Waals surface area contributed by atoms with Crippen LogP contribution in [0.25, 0.3) is 0 Å². The van der Waals surface area contributed by atoms with Crippen LogP contribution < -0.4 is 10.1 Å². The lowest BCUT2D eigenvalue weighted by Crippen LogP contribution is -2.49. The largest absolute Gasteiger partial charge is 0.494 e. The molecule has 0 fully saturated rings. The zero-order chi connectivity index (χ0) is 14.6. The molecule has 2 N–H and O–H groups in total. The second-order valence-corrected chi connectivity index (χ2v) is 5.19. The van der Waals surface area contributed by atoms with E-state index in [0.29, 0.717) is 5.75 Å². The van der Waals surface area contributed by atoms with Gasteiger partial charge in [-0.1, -0.05) is 20.8 Å². The van der Waals surface area contributed by atoms with Crippen LogP contribution in [0.15, 0.2) is 18.5 Å². The van der Waals surface area contributed by atoms with E-state index in [2.05, 4.69) is 10.3 Å². The average molecular weight is 266 g/mol. The van der Waals surface area contributed by atoms with Crippen molar-refractivity contribution in [1.82, 2.24) is 10.3 Å². The molecule has 0 aliphatic carbocycles. The molecule has 1 atom stereocenters. The van der Waals surface area contributed by atoms with E-state index in [1.807, 2.05) is 0 Å². The van der Waals surface area contributed by atoms with Crippen molar-refractivity contribution < 1.29 is 19.4 Å². The predicted molar refractivity (Wildman–Crippen MR) is 69.1 cm³/mol. The van der Waals surface area contributed by atoms with Crippen LogP contribution in [0.4, 0.5) is 0 Å². The summed E-state index contributed by atoms with van der Waals surface area (Å²) in [5.41, 5.74) is -0.338. The standard InChI is InChI=1S/C13H18N2O4/c1-13(2,3)10(12(17)18)15-11(16)8-5-6-14-7-9(8)19-4/h5-7,10H,1-4H3,(H,15,16)(H,17,18)/t10-/m0/s1. The van der Waals surface area contributed by atoms with Gasteiger partial charge in [0.25, 0.3) is 5.91 Å². The summed E-state index contributed by atoms with van der Waals surface area (Å²) in [6.07, 6.45) is 2.85. The maximum atomic E-state index is 12.1. The van der Waals surface area contributed by atoms with Gasteiger partial charge in [0, 0.05) is 6.20 Å². The summed E-state index contributed by atoms with van der Waals surface area (Å²) in [5.74, 6) is -1.27. The third kappa shape index (κ3) is 3.67. The van der Waals surface area contributed by atoms with Crippen molar-refractivity contribution in [3.63, 3.8) is 0 Å². The Bertz CT molecular complexity index is 480. The molecule has 1 aromatic heterocycles. The SMILES string of the molecule is COc1cnccc1C(=O)N[C@@H](C(=O)O)C(C)(C)C. The first kappa shape index (κ1) is 14.9. The van der Waals surface area contributed by atoms with Gasteiger partial charge in [-0.3, -0.25) is 9.78 Å². The molecule has 0 saturated heterocycles. The lowest BCUT2D eigenvalue weighted by Gasteiger charge is -2.27. The van der Waals surface area contributed by atoms with Gasteiger partial charge in [-0.2, -0.15) is 0 Å². The molecule has 1 rings (SSSR count). The molecule has 1 amide bonds. The fourth-order valence-electron chi connectivity index (χ4n) is 1.59. The summed E-state index contributed by atoms with van der Waals surface area (Å²) in [4.78, 5) is 27.2. The average Bonchev–Trinajstić information content (AvgIpc) is 2.33. The molecular weight excluding hydrogens is 248 g/mol. The number of carbonyl (C=O) groups excluding carboxylic acids is 1. The van der Waals surface area contributed by atoms with Crippen LogP contribution in [0.5, 0.6) is 5.75 Å². The third-order valence-electron chi connectivity index (χ3n) is 2.64. The molecule has 6 nitrogen and oxygen atoms in total. The van der Waals surface area contributed by atoms with E-state index in [-0.39, 0.29) is 5.56 Å². The van der Waals surface area contributed by atoms with Crippen molar-refractivity contribution in [2.45, 2.75) is 26.8 Å². The molecule has 1 heterocycles. The number of methoxy groups -OCH3 is 1. The molecule has 19 heavy (non-hydrogen) atoms. The number of hydrogen-bond acceptors (Lipinski definition) is 4. The molecule has 1 aromatic rings. The van der Waals surface area contributed by atoms with Gasteiger partial charge in [-0.15, -0.1) is 0 Å². The Balaban J connectivity index is 2.98. The van der Waals surface area contributed by atoms with Crippen LogP contribution in [0, 0.1) is 5.41 Å². The van der Waals surface area contributed by atoms with Crippen molar-refractivity contribution in [3.8, 4) is 5.75 Å².